The maximum absolute atomic E-state index is 8.93. The first-order chi connectivity index (χ1) is 4.29. The minimum Gasteiger partial charge on any atom is -0.393 e. The topological polar surface area (TPSA) is 29.5 Å². The normalized spacial score (nSPS) is 30.7. The summed E-state index contributed by atoms with van der Waals surface area (Å²) in [5.41, 5.74) is 0. The second-order valence-electron chi connectivity index (χ2n) is 2.72. The van der Waals surface area contributed by atoms with Gasteiger partial charge in [0.1, 0.15) is 0 Å². The van der Waals surface area contributed by atoms with Crippen molar-refractivity contribution in [3.05, 3.63) is 0 Å². The first-order valence-electron chi connectivity index (χ1n) is 3.58. The van der Waals surface area contributed by atoms with Crippen molar-refractivity contribution in [3.63, 3.8) is 0 Å². The Labute approximate surface area is 55.8 Å². The fourth-order valence-electron chi connectivity index (χ4n) is 1.21. The van der Waals surface area contributed by atoms with Crippen molar-refractivity contribution in [2.24, 2.45) is 0 Å². The molecule has 1 N–H and O–H groups in total. The molecule has 1 fully saturated rings. The smallest absolute Gasteiger partial charge is 0.0600 e. The molecule has 0 saturated carbocycles. The fraction of sp³-hybridized carbons (Fsp3) is 1.00. The zero-order valence-corrected chi connectivity index (χ0v) is 5.84. The third kappa shape index (κ3) is 2.33. The molecule has 0 bridgehead atoms. The maximum atomic E-state index is 8.93. The van der Waals surface area contributed by atoms with Crippen LogP contribution in [0, 0.1) is 0 Å². The Kier molecular flexibility index (Phi) is 2.49. The molecule has 2 atom stereocenters. The number of aliphatic hydroxyl groups excluding tert-OH is 1. The minimum atomic E-state index is -0.201. The monoisotopic (exact) mass is 130 g/mol. The third-order valence-corrected chi connectivity index (χ3v) is 1.63. The molecular formula is C7H14O2. The van der Waals surface area contributed by atoms with Gasteiger partial charge in [-0.15, -0.1) is 0 Å². The molecule has 9 heavy (non-hydrogen) atoms. The number of ether oxygens (including phenoxy) is 1. The molecule has 2 heteroatoms. The van der Waals surface area contributed by atoms with Crippen molar-refractivity contribution < 1.29 is 9.84 Å². The van der Waals surface area contributed by atoms with Crippen LogP contribution in [0.4, 0.5) is 0 Å². The van der Waals surface area contributed by atoms with Crippen molar-refractivity contribution in [2.75, 3.05) is 6.61 Å². The number of hydrogen-bond donors (Lipinski definition) is 1. The lowest BCUT2D eigenvalue weighted by Gasteiger charge is -2.09. The summed E-state index contributed by atoms with van der Waals surface area (Å²) in [5.74, 6) is 0. The SMILES string of the molecule is CC(O)CC1CCCO1. The van der Waals surface area contributed by atoms with E-state index in [1.54, 1.807) is 0 Å². The quantitative estimate of drug-likeness (QED) is 0.602. The van der Waals surface area contributed by atoms with Crippen molar-refractivity contribution in [1.29, 1.82) is 0 Å². The molecule has 1 aliphatic rings. The molecule has 1 rings (SSSR count). The Bertz CT molecular complexity index is 75.0. The standard InChI is InChI=1S/C7H14O2/c1-6(8)5-7-3-2-4-9-7/h6-8H,2-5H2,1H3. The molecule has 2 unspecified atom stereocenters. The molecule has 1 saturated heterocycles. The highest BCUT2D eigenvalue weighted by molar-refractivity contribution is 4.66. The highest BCUT2D eigenvalue weighted by Gasteiger charge is 2.16. The van der Waals surface area contributed by atoms with Crippen molar-refractivity contribution in [1.82, 2.24) is 0 Å². The van der Waals surface area contributed by atoms with Crippen LogP contribution in [0.25, 0.3) is 0 Å². The highest BCUT2D eigenvalue weighted by Crippen LogP contribution is 2.16. The van der Waals surface area contributed by atoms with Crippen molar-refractivity contribution in [2.45, 2.75) is 38.4 Å². The molecule has 1 aliphatic heterocycles. The number of aliphatic hydroxyl groups is 1. The van der Waals surface area contributed by atoms with E-state index >= 15 is 0 Å². The van der Waals surface area contributed by atoms with E-state index in [1.165, 1.54) is 0 Å². The van der Waals surface area contributed by atoms with Crippen LogP contribution in [0.15, 0.2) is 0 Å². The van der Waals surface area contributed by atoms with Gasteiger partial charge in [-0.3, -0.25) is 0 Å². The van der Waals surface area contributed by atoms with E-state index in [0.717, 1.165) is 25.9 Å². The lowest BCUT2D eigenvalue weighted by molar-refractivity contribution is 0.0606. The summed E-state index contributed by atoms with van der Waals surface area (Å²) in [5, 5.41) is 8.93. The molecule has 0 aromatic rings. The Morgan fingerprint density at radius 3 is 3.00 bits per heavy atom. The molecule has 0 aromatic carbocycles. The van der Waals surface area contributed by atoms with E-state index in [9.17, 15) is 0 Å². The number of hydrogen-bond acceptors (Lipinski definition) is 2. The van der Waals surface area contributed by atoms with E-state index < -0.39 is 0 Å². The lowest BCUT2D eigenvalue weighted by Crippen LogP contribution is -2.13. The maximum Gasteiger partial charge on any atom is 0.0600 e. The molecule has 54 valence electrons. The Balaban J connectivity index is 2.11. The summed E-state index contributed by atoms with van der Waals surface area (Å²) in [7, 11) is 0. The van der Waals surface area contributed by atoms with E-state index in [0.29, 0.717) is 6.10 Å². The van der Waals surface area contributed by atoms with Gasteiger partial charge >= 0.3 is 0 Å². The van der Waals surface area contributed by atoms with Gasteiger partial charge in [0.15, 0.2) is 0 Å². The van der Waals surface area contributed by atoms with Gasteiger partial charge in [0, 0.05) is 6.61 Å². The largest absolute Gasteiger partial charge is 0.393 e. The van der Waals surface area contributed by atoms with Gasteiger partial charge in [-0.1, -0.05) is 0 Å². The fourth-order valence-corrected chi connectivity index (χ4v) is 1.21. The molecule has 0 aliphatic carbocycles. The van der Waals surface area contributed by atoms with E-state index in [4.69, 9.17) is 9.84 Å². The zero-order chi connectivity index (χ0) is 6.69. The van der Waals surface area contributed by atoms with E-state index in [-0.39, 0.29) is 6.10 Å². The Morgan fingerprint density at radius 1 is 1.78 bits per heavy atom. The van der Waals surface area contributed by atoms with Crippen molar-refractivity contribution in [3.8, 4) is 0 Å². The summed E-state index contributed by atoms with van der Waals surface area (Å²) in [6.45, 7) is 2.69. The molecular weight excluding hydrogens is 116 g/mol. The van der Waals surface area contributed by atoms with Crippen LogP contribution in [-0.4, -0.2) is 23.9 Å². The van der Waals surface area contributed by atoms with Crippen molar-refractivity contribution >= 4 is 0 Å². The third-order valence-electron chi connectivity index (χ3n) is 1.63. The Hall–Kier alpha value is -0.0800. The second-order valence-corrected chi connectivity index (χ2v) is 2.72. The minimum absolute atomic E-state index is 0.201. The van der Waals surface area contributed by atoms with Crippen LogP contribution < -0.4 is 0 Å². The Morgan fingerprint density at radius 2 is 2.56 bits per heavy atom. The van der Waals surface area contributed by atoms with Crippen LogP contribution in [0.1, 0.15) is 26.2 Å². The lowest BCUT2D eigenvalue weighted by atomic mass is 10.1. The van der Waals surface area contributed by atoms with E-state index in [2.05, 4.69) is 0 Å². The van der Waals surface area contributed by atoms with Gasteiger partial charge in [-0.2, -0.15) is 0 Å². The molecule has 1 heterocycles. The summed E-state index contributed by atoms with van der Waals surface area (Å²) >= 11 is 0. The van der Waals surface area contributed by atoms with Crippen LogP contribution >= 0.6 is 0 Å². The van der Waals surface area contributed by atoms with Gasteiger partial charge in [0.25, 0.3) is 0 Å². The van der Waals surface area contributed by atoms with Gasteiger partial charge in [0.2, 0.25) is 0 Å². The first kappa shape index (κ1) is 7.03. The van der Waals surface area contributed by atoms with Gasteiger partial charge in [-0.25, -0.2) is 0 Å². The molecule has 0 radical (unpaired) electrons. The summed E-state index contributed by atoms with van der Waals surface area (Å²) in [4.78, 5) is 0. The molecule has 0 amide bonds. The predicted octanol–water partition coefficient (Wildman–Crippen LogP) is 0.936. The summed E-state index contributed by atoms with van der Waals surface area (Å²) in [6.07, 6.45) is 3.24. The van der Waals surface area contributed by atoms with Crippen LogP contribution in [0.5, 0.6) is 0 Å². The molecule has 2 nitrogen and oxygen atoms in total. The number of rotatable bonds is 2. The highest BCUT2D eigenvalue weighted by atomic mass is 16.5. The summed E-state index contributed by atoms with van der Waals surface area (Å²) in [6, 6.07) is 0. The zero-order valence-electron chi connectivity index (χ0n) is 5.84. The molecule has 0 aromatic heterocycles. The van der Waals surface area contributed by atoms with Gasteiger partial charge in [0.05, 0.1) is 12.2 Å². The molecule has 0 spiro atoms. The average Bonchev–Trinajstić information content (AvgIpc) is 2.15. The van der Waals surface area contributed by atoms with Gasteiger partial charge < -0.3 is 9.84 Å². The summed E-state index contributed by atoms with van der Waals surface area (Å²) < 4.78 is 5.30. The van der Waals surface area contributed by atoms with Crippen LogP contribution in [0.3, 0.4) is 0 Å². The second kappa shape index (κ2) is 3.18. The van der Waals surface area contributed by atoms with E-state index in [1.807, 2.05) is 6.92 Å². The first-order valence-corrected chi connectivity index (χ1v) is 3.58. The van der Waals surface area contributed by atoms with Crippen LogP contribution in [0.2, 0.25) is 0 Å². The average molecular weight is 130 g/mol. The van der Waals surface area contributed by atoms with Gasteiger partial charge in [-0.05, 0) is 26.2 Å². The predicted molar refractivity (Wildman–Crippen MR) is 35.3 cm³/mol. The van der Waals surface area contributed by atoms with Crippen LogP contribution in [-0.2, 0) is 4.74 Å².